The van der Waals surface area contributed by atoms with Crippen LogP contribution in [0.4, 0.5) is 0 Å². The van der Waals surface area contributed by atoms with Crippen molar-refractivity contribution < 1.29 is 9.59 Å². The van der Waals surface area contributed by atoms with Crippen LogP contribution in [0.2, 0.25) is 10.0 Å². The van der Waals surface area contributed by atoms with Crippen molar-refractivity contribution in [1.29, 1.82) is 0 Å². The van der Waals surface area contributed by atoms with E-state index in [1.165, 1.54) is 11.8 Å². The second-order valence-corrected chi connectivity index (χ2v) is 11.6. The molecule has 0 fully saturated rings. The number of hydrogen-bond acceptors (Lipinski definition) is 3. The third-order valence-corrected chi connectivity index (χ3v) is 6.94. The lowest BCUT2D eigenvalue weighted by Crippen LogP contribution is -2.54. The average molecular weight is 544 g/mol. The standard InChI is InChI=1S/C29H32Cl2N2O2S/c1-29(2,3)32-28(35)26(17-21-7-5-4-6-8-21)33(18-22-9-13-24(30)14-10-22)27(34)20-36-19-23-11-15-25(31)16-12-23/h4-16,26H,17-20H2,1-3H3,(H,32,35)/t26-/m1/s1. The molecule has 0 aromatic heterocycles. The zero-order valence-corrected chi connectivity index (χ0v) is 23.2. The molecular weight excluding hydrogens is 511 g/mol. The van der Waals surface area contributed by atoms with Gasteiger partial charge in [0.25, 0.3) is 0 Å². The summed E-state index contributed by atoms with van der Waals surface area (Å²) in [7, 11) is 0. The SMILES string of the molecule is CC(C)(C)NC(=O)[C@@H](Cc1ccccc1)N(Cc1ccc(Cl)cc1)C(=O)CSCc1ccc(Cl)cc1. The highest BCUT2D eigenvalue weighted by molar-refractivity contribution is 7.99. The predicted molar refractivity (Wildman–Crippen MR) is 151 cm³/mol. The quantitative estimate of drug-likeness (QED) is 0.307. The fourth-order valence-corrected chi connectivity index (χ4v) is 4.84. The zero-order chi connectivity index (χ0) is 26.1. The molecule has 190 valence electrons. The minimum absolute atomic E-state index is 0.0890. The normalized spacial score (nSPS) is 12.1. The van der Waals surface area contributed by atoms with Crippen LogP contribution in [0.15, 0.2) is 78.9 Å². The van der Waals surface area contributed by atoms with Crippen molar-refractivity contribution in [3.05, 3.63) is 106 Å². The van der Waals surface area contributed by atoms with Gasteiger partial charge in [-0.15, -0.1) is 11.8 Å². The van der Waals surface area contributed by atoms with Crippen LogP contribution in [0.1, 0.15) is 37.5 Å². The molecule has 0 saturated heterocycles. The Morgan fingerprint density at radius 3 is 1.94 bits per heavy atom. The van der Waals surface area contributed by atoms with Crippen LogP contribution in [-0.2, 0) is 28.3 Å². The number of hydrogen-bond donors (Lipinski definition) is 1. The Morgan fingerprint density at radius 2 is 1.39 bits per heavy atom. The molecule has 0 aliphatic heterocycles. The van der Waals surface area contributed by atoms with E-state index in [1.807, 2.05) is 87.5 Å². The molecule has 3 aromatic carbocycles. The molecule has 3 rings (SSSR count). The number of amides is 2. The number of rotatable bonds is 10. The molecule has 1 atom stereocenters. The largest absolute Gasteiger partial charge is 0.350 e. The van der Waals surface area contributed by atoms with Crippen LogP contribution in [-0.4, -0.2) is 34.0 Å². The zero-order valence-electron chi connectivity index (χ0n) is 20.8. The first kappa shape index (κ1) is 28.1. The predicted octanol–water partition coefficient (Wildman–Crippen LogP) is 6.78. The first-order valence-corrected chi connectivity index (χ1v) is 13.7. The van der Waals surface area contributed by atoms with Gasteiger partial charge in [0.05, 0.1) is 5.75 Å². The maximum atomic E-state index is 13.6. The van der Waals surface area contributed by atoms with Crippen molar-refractivity contribution in [1.82, 2.24) is 10.2 Å². The Labute approximate surface area is 228 Å². The summed E-state index contributed by atoms with van der Waals surface area (Å²) in [6.07, 6.45) is 0.421. The average Bonchev–Trinajstić information content (AvgIpc) is 2.83. The summed E-state index contributed by atoms with van der Waals surface area (Å²) < 4.78 is 0. The van der Waals surface area contributed by atoms with Crippen molar-refractivity contribution >= 4 is 46.8 Å². The third kappa shape index (κ3) is 9.20. The number of carbonyl (C=O) groups excluding carboxylic acids is 2. The molecule has 0 aliphatic carbocycles. The Hall–Kier alpha value is -2.47. The number of thioether (sulfide) groups is 1. The molecule has 4 nitrogen and oxygen atoms in total. The van der Waals surface area contributed by atoms with Crippen molar-refractivity contribution in [3.8, 4) is 0 Å². The van der Waals surface area contributed by atoms with Gasteiger partial charge in [-0.2, -0.15) is 0 Å². The van der Waals surface area contributed by atoms with Gasteiger partial charge in [0, 0.05) is 34.3 Å². The van der Waals surface area contributed by atoms with Gasteiger partial charge in [0.2, 0.25) is 11.8 Å². The highest BCUT2D eigenvalue weighted by Crippen LogP contribution is 2.21. The minimum Gasteiger partial charge on any atom is -0.350 e. The number of nitrogens with one attached hydrogen (secondary N) is 1. The second-order valence-electron chi connectivity index (χ2n) is 9.71. The molecule has 0 bridgehead atoms. The summed E-state index contributed by atoms with van der Waals surface area (Å²) in [4.78, 5) is 28.9. The molecule has 0 saturated carbocycles. The van der Waals surface area contributed by atoms with E-state index in [1.54, 1.807) is 17.0 Å². The summed E-state index contributed by atoms with van der Waals surface area (Å²) in [6, 6.07) is 24.1. The van der Waals surface area contributed by atoms with Gasteiger partial charge in [0.1, 0.15) is 6.04 Å². The van der Waals surface area contributed by atoms with E-state index in [9.17, 15) is 9.59 Å². The van der Waals surface area contributed by atoms with Gasteiger partial charge in [-0.05, 0) is 61.7 Å². The Kier molecular flexibility index (Phi) is 10.3. The lowest BCUT2D eigenvalue weighted by Gasteiger charge is -2.34. The van der Waals surface area contributed by atoms with Gasteiger partial charge >= 0.3 is 0 Å². The summed E-state index contributed by atoms with van der Waals surface area (Å²) in [6.45, 7) is 6.14. The fourth-order valence-electron chi connectivity index (χ4n) is 3.71. The summed E-state index contributed by atoms with van der Waals surface area (Å²) in [5.74, 6) is 0.671. The van der Waals surface area contributed by atoms with E-state index in [0.717, 1.165) is 16.7 Å². The number of halogens is 2. The molecule has 0 heterocycles. The van der Waals surface area contributed by atoms with Crippen LogP contribution in [0.5, 0.6) is 0 Å². The minimum atomic E-state index is -0.661. The topological polar surface area (TPSA) is 49.4 Å². The second kappa shape index (κ2) is 13.2. The van der Waals surface area contributed by atoms with E-state index in [-0.39, 0.29) is 17.6 Å². The Morgan fingerprint density at radius 1 is 0.833 bits per heavy atom. The molecule has 0 unspecified atom stereocenters. The van der Waals surface area contributed by atoms with Gasteiger partial charge in [0.15, 0.2) is 0 Å². The molecular formula is C29H32Cl2N2O2S. The molecule has 2 amide bonds. The fraction of sp³-hybridized carbons (Fsp3) is 0.310. The van der Waals surface area contributed by atoms with Crippen LogP contribution in [0, 0.1) is 0 Å². The Balaban J connectivity index is 1.85. The maximum Gasteiger partial charge on any atom is 0.243 e. The van der Waals surface area contributed by atoms with Gasteiger partial charge in [-0.25, -0.2) is 0 Å². The first-order valence-electron chi connectivity index (χ1n) is 11.8. The molecule has 36 heavy (non-hydrogen) atoms. The van der Waals surface area contributed by atoms with Crippen LogP contribution in [0.3, 0.4) is 0 Å². The van der Waals surface area contributed by atoms with Crippen LogP contribution < -0.4 is 5.32 Å². The maximum absolute atomic E-state index is 13.6. The molecule has 3 aromatic rings. The van der Waals surface area contributed by atoms with Crippen molar-refractivity contribution in [2.75, 3.05) is 5.75 Å². The van der Waals surface area contributed by atoms with Crippen LogP contribution >= 0.6 is 35.0 Å². The summed E-state index contributed by atoms with van der Waals surface area (Å²) >= 11 is 13.6. The molecule has 0 radical (unpaired) electrons. The Bertz CT molecular complexity index is 1130. The van der Waals surface area contributed by atoms with Crippen molar-refractivity contribution in [2.24, 2.45) is 0 Å². The summed E-state index contributed by atoms with van der Waals surface area (Å²) in [5, 5.41) is 4.39. The number of benzene rings is 3. The highest BCUT2D eigenvalue weighted by atomic mass is 35.5. The highest BCUT2D eigenvalue weighted by Gasteiger charge is 2.32. The lowest BCUT2D eigenvalue weighted by molar-refractivity contribution is -0.140. The lowest BCUT2D eigenvalue weighted by atomic mass is 10.0. The number of carbonyl (C=O) groups is 2. The third-order valence-electron chi connectivity index (χ3n) is 5.44. The molecule has 1 N–H and O–H groups in total. The van der Waals surface area contributed by atoms with E-state index < -0.39 is 11.6 Å². The smallest absolute Gasteiger partial charge is 0.243 e. The van der Waals surface area contributed by atoms with E-state index in [0.29, 0.717) is 28.8 Å². The van der Waals surface area contributed by atoms with Crippen LogP contribution in [0.25, 0.3) is 0 Å². The van der Waals surface area contributed by atoms with Gasteiger partial charge < -0.3 is 10.2 Å². The first-order chi connectivity index (χ1) is 17.1. The van der Waals surface area contributed by atoms with Gasteiger partial charge in [-0.1, -0.05) is 77.8 Å². The van der Waals surface area contributed by atoms with E-state index in [2.05, 4.69) is 5.32 Å². The molecule has 0 spiro atoms. The number of nitrogens with zero attached hydrogens (tertiary/aromatic N) is 1. The van der Waals surface area contributed by atoms with Crippen molar-refractivity contribution in [3.63, 3.8) is 0 Å². The monoisotopic (exact) mass is 542 g/mol. The molecule has 7 heteroatoms. The van der Waals surface area contributed by atoms with Crippen molar-refractivity contribution in [2.45, 2.75) is 51.1 Å². The van der Waals surface area contributed by atoms with E-state index in [4.69, 9.17) is 23.2 Å². The molecule has 0 aliphatic rings. The summed E-state index contributed by atoms with van der Waals surface area (Å²) in [5.41, 5.74) is 2.57. The van der Waals surface area contributed by atoms with Gasteiger partial charge in [-0.3, -0.25) is 9.59 Å². The van der Waals surface area contributed by atoms with E-state index >= 15 is 0 Å².